The van der Waals surface area contributed by atoms with Gasteiger partial charge >= 0.3 is 0 Å². The summed E-state index contributed by atoms with van der Waals surface area (Å²) in [5, 5.41) is 4.80. The Labute approximate surface area is 167 Å². The predicted molar refractivity (Wildman–Crippen MR) is 111 cm³/mol. The molecule has 1 heterocycles. The van der Waals surface area contributed by atoms with Gasteiger partial charge < -0.3 is 14.0 Å². The molecule has 1 aromatic heterocycles. The number of rotatable bonds is 8. The van der Waals surface area contributed by atoms with Crippen LogP contribution >= 0.6 is 11.8 Å². The fourth-order valence-corrected chi connectivity index (χ4v) is 3.41. The third-order valence-corrected chi connectivity index (χ3v) is 5.00. The maximum absolute atomic E-state index is 12.1. The molecule has 2 aromatic carbocycles. The Morgan fingerprint density at radius 3 is 2.86 bits per heavy atom. The van der Waals surface area contributed by atoms with Crippen molar-refractivity contribution in [3.05, 3.63) is 48.0 Å². The van der Waals surface area contributed by atoms with Crippen LogP contribution in [0, 0.1) is 0 Å². The Bertz CT molecular complexity index is 1000. The summed E-state index contributed by atoms with van der Waals surface area (Å²) in [6, 6.07) is 13.3. The molecule has 3 rings (SSSR count). The summed E-state index contributed by atoms with van der Waals surface area (Å²) in [4.78, 5) is 16.6. The first-order chi connectivity index (χ1) is 13.6. The van der Waals surface area contributed by atoms with E-state index >= 15 is 0 Å². The minimum Gasteiger partial charge on any atom is -0.493 e. The highest BCUT2D eigenvalue weighted by molar-refractivity contribution is 7.99. The van der Waals surface area contributed by atoms with Crippen molar-refractivity contribution in [1.82, 2.24) is 15.0 Å². The van der Waals surface area contributed by atoms with Crippen LogP contribution in [0.5, 0.6) is 11.5 Å². The second-order valence-corrected chi connectivity index (χ2v) is 6.81. The highest BCUT2D eigenvalue weighted by atomic mass is 32.2. The van der Waals surface area contributed by atoms with Crippen molar-refractivity contribution in [2.45, 2.75) is 12.1 Å². The molecule has 1 amide bonds. The van der Waals surface area contributed by atoms with Crippen molar-refractivity contribution in [2.24, 2.45) is 12.1 Å². The molecule has 8 heteroatoms. The molecule has 0 aliphatic heterocycles. The van der Waals surface area contributed by atoms with Gasteiger partial charge in [0, 0.05) is 7.05 Å². The third kappa shape index (κ3) is 4.64. The number of thioether (sulfide) groups is 1. The second-order valence-electron chi connectivity index (χ2n) is 5.87. The zero-order valence-corrected chi connectivity index (χ0v) is 16.8. The summed E-state index contributed by atoms with van der Waals surface area (Å²) in [6.45, 7) is 2.47. The van der Waals surface area contributed by atoms with E-state index in [9.17, 15) is 4.79 Å². The number of nitrogens with zero attached hydrogens (tertiary/aromatic N) is 3. The average molecular weight is 398 g/mol. The summed E-state index contributed by atoms with van der Waals surface area (Å²) < 4.78 is 12.8. The Kier molecular flexibility index (Phi) is 6.54. The number of para-hydroxylation sites is 2. The second kappa shape index (κ2) is 9.27. The van der Waals surface area contributed by atoms with Crippen molar-refractivity contribution >= 4 is 34.9 Å². The number of benzene rings is 2. The Morgan fingerprint density at radius 2 is 2.11 bits per heavy atom. The molecule has 0 unspecified atom stereocenters. The van der Waals surface area contributed by atoms with E-state index in [2.05, 4.69) is 15.5 Å². The molecular weight excluding hydrogens is 376 g/mol. The Hall–Kier alpha value is -3.00. The van der Waals surface area contributed by atoms with E-state index in [4.69, 9.17) is 9.47 Å². The van der Waals surface area contributed by atoms with E-state index in [0.717, 1.165) is 21.8 Å². The van der Waals surface area contributed by atoms with Crippen molar-refractivity contribution in [3.8, 4) is 11.5 Å². The van der Waals surface area contributed by atoms with Gasteiger partial charge in [0.1, 0.15) is 0 Å². The molecule has 28 heavy (non-hydrogen) atoms. The van der Waals surface area contributed by atoms with E-state index in [-0.39, 0.29) is 11.7 Å². The van der Waals surface area contributed by atoms with Crippen LogP contribution in [-0.4, -0.2) is 41.1 Å². The Morgan fingerprint density at radius 1 is 1.29 bits per heavy atom. The average Bonchev–Trinajstić information content (AvgIpc) is 3.03. The van der Waals surface area contributed by atoms with Gasteiger partial charge in [-0.1, -0.05) is 23.9 Å². The van der Waals surface area contributed by atoms with Crippen LogP contribution in [0.4, 0.5) is 0 Å². The van der Waals surface area contributed by atoms with Crippen LogP contribution in [0.2, 0.25) is 0 Å². The molecule has 3 aromatic rings. The third-order valence-electron chi connectivity index (χ3n) is 3.97. The molecule has 1 N–H and O–H groups in total. The fourth-order valence-electron chi connectivity index (χ4n) is 2.63. The number of imidazole rings is 1. The number of aryl methyl sites for hydroxylation is 1. The van der Waals surface area contributed by atoms with Gasteiger partial charge in [-0.15, -0.1) is 0 Å². The number of carbonyl (C=O) groups is 1. The standard InChI is InChI=1S/C20H22N4O3S/c1-4-27-17-10-9-14(11-18(17)26-3)12-21-23-19(25)13-28-20-22-15-7-5-6-8-16(15)24(20)2/h5-12H,4,13H2,1-3H3,(H,23,25)/b21-12-. The topological polar surface area (TPSA) is 77.7 Å². The van der Waals surface area contributed by atoms with Gasteiger partial charge in [0.05, 0.1) is 36.7 Å². The first-order valence-corrected chi connectivity index (χ1v) is 9.78. The van der Waals surface area contributed by atoms with Crippen molar-refractivity contribution in [3.63, 3.8) is 0 Å². The molecule has 0 bridgehead atoms. The number of hydrogen-bond donors (Lipinski definition) is 1. The lowest BCUT2D eigenvalue weighted by Crippen LogP contribution is -2.19. The van der Waals surface area contributed by atoms with E-state index in [0.29, 0.717) is 18.1 Å². The molecule has 0 spiro atoms. The molecule has 7 nitrogen and oxygen atoms in total. The molecular formula is C20H22N4O3S. The summed E-state index contributed by atoms with van der Waals surface area (Å²) >= 11 is 1.37. The monoisotopic (exact) mass is 398 g/mol. The summed E-state index contributed by atoms with van der Waals surface area (Å²) in [6.07, 6.45) is 1.57. The van der Waals surface area contributed by atoms with Gasteiger partial charge in [-0.2, -0.15) is 5.10 Å². The lowest BCUT2D eigenvalue weighted by atomic mass is 10.2. The van der Waals surface area contributed by atoms with Crippen molar-refractivity contribution < 1.29 is 14.3 Å². The van der Waals surface area contributed by atoms with E-state index in [1.165, 1.54) is 11.8 Å². The number of nitrogens with one attached hydrogen (secondary N) is 1. The highest BCUT2D eigenvalue weighted by Crippen LogP contribution is 2.27. The van der Waals surface area contributed by atoms with Crippen LogP contribution < -0.4 is 14.9 Å². The first-order valence-electron chi connectivity index (χ1n) is 8.79. The molecule has 0 atom stereocenters. The smallest absolute Gasteiger partial charge is 0.250 e. The molecule has 0 aliphatic rings. The molecule has 0 fully saturated rings. The highest BCUT2D eigenvalue weighted by Gasteiger charge is 2.10. The number of ether oxygens (including phenoxy) is 2. The fraction of sp³-hybridized carbons (Fsp3) is 0.250. The zero-order chi connectivity index (χ0) is 19.9. The normalized spacial score (nSPS) is 11.1. The summed E-state index contributed by atoms with van der Waals surface area (Å²) in [5.74, 6) is 1.31. The minimum atomic E-state index is -0.203. The van der Waals surface area contributed by atoms with Gasteiger partial charge in [-0.3, -0.25) is 4.79 Å². The molecule has 0 saturated carbocycles. The van der Waals surface area contributed by atoms with E-state index in [1.807, 2.05) is 54.9 Å². The molecule has 0 radical (unpaired) electrons. The van der Waals surface area contributed by atoms with Crippen molar-refractivity contribution in [2.75, 3.05) is 19.5 Å². The van der Waals surface area contributed by atoms with Crippen LogP contribution in [0.3, 0.4) is 0 Å². The number of amides is 1. The number of aromatic nitrogens is 2. The first kappa shape index (κ1) is 19.8. The number of methoxy groups -OCH3 is 1. The predicted octanol–water partition coefficient (Wildman–Crippen LogP) is 3.22. The van der Waals surface area contributed by atoms with Gasteiger partial charge in [0.25, 0.3) is 5.91 Å². The number of hydrazone groups is 1. The maximum Gasteiger partial charge on any atom is 0.250 e. The molecule has 0 saturated heterocycles. The zero-order valence-electron chi connectivity index (χ0n) is 16.0. The van der Waals surface area contributed by atoms with Crippen LogP contribution in [0.15, 0.2) is 52.7 Å². The van der Waals surface area contributed by atoms with Crippen molar-refractivity contribution in [1.29, 1.82) is 0 Å². The van der Waals surface area contributed by atoms with Crippen LogP contribution in [-0.2, 0) is 11.8 Å². The van der Waals surface area contributed by atoms with Crippen LogP contribution in [0.25, 0.3) is 11.0 Å². The lowest BCUT2D eigenvalue weighted by Gasteiger charge is -2.09. The SMILES string of the molecule is CCOc1ccc(/C=N\NC(=O)CSc2nc3ccccc3n2C)cc1OC. The van der Waals surface area contributed by atoms with Gasteiger partial charge in [0.15, 0.2) is 16.7 Å². The number of carbonyl (C=O) groups excluding carboxylic acids is 1. The summed E-state index contributed by atoms with van der Waals surface area (Å²) in [5.41, 5.74) is 5.27. The summed E-state index contributed by atoms with van der Waals surface area (Å²) in [7, 11) is 3.52. The Balaban J connectivity index is 1.55. The number of fused-ring (bicyclic) bond motifs is 1. The van der Waals surface area contributed by atoms with E-state index in [1.54, 1.807) is 19.4 Å². The minimum absolute atomic E-state index is 0.203. The van der Waals surface area contributed by atoms with Crippen LogP contribution in [0.1, 0.15) is 12.5 Å². The van der Waals surface area contributed by atoms with Gasteiger partial charge in [-0.05, 0) is 42.8 Å². The number of hydrogen-bond acceptors (Lipinski definition) is 6. The van der Waals surface area contributed by atoms with Gasteiger partial charge in [0.2, 0.25) is 0 Å². The van der Waals surface area contributed by atoms with Gasteiger partial charge in [-0.25, -0.2) is 10.4 Å². The largest absolute Gasteiger partial charge is 0.493 e. The lowest BCUT2D eigenvalue weighted by molar-refractivity contribution is -0.118. The molecule has 0 aliphatic carbocycles. The van der Waals surface area contributed by atoms with E-state index < -0.39 is 0 Å². The quantitative estimate of drug-likeness (QED) is 0.358. The molecule has 146 valence electrons. The maximum atomic E-state index is 12.1.